The molecule has 0 spiro atoms. The molecule has 0 aromatic carbocycles. The standard InChI is InChI=1S/C14H20NO3/c1-3-17-14(16)10-15-6-4-12(5-7-15)18-13-8-11(2)9-13/h4-7,11,13H,3,8-10H2,1-2H3/q+1/t11-,13+. The van der Waals surface area contributed by atoms with Crippen molar-refractivity contribution in [1.82, 2.24) is 0 Å². The Balaban J connectivity index is 1.83. The quantitative estimate of drug-likeness (QED) is 0.590. The van der Waals surface area contributed by atoms with E-state index in [2.05, 4.69) is 6.92 Å². The molecule has 1 fully saturated rings. The zero-order chi connectivity index (χ0) is 13.0. The normalized spacial score (nSPS) is 22.1. The fourth-order valence-corrected chi connectivity index (χ4v) is 2.10. The van der Waals surface area contributed by atoms with Crippen molar-refractivity contribution in [2.45, 2.75) is 39.3 Å². The van der Waals surface area contributed by atoms with Gasteiger partial charge < -0.3 is 9.47 Å². The summed E-state index contributed by atoms with van der Waals surface area (Å²) >= 11 is 0. The van der Waals surface area contributed by atoms with Crippen LogP contribution in [-0.4, -0.2) is 18.7 Å². The third-order valence-electron chi connectivity index (χ3n) is 3.11. The summed E-state index contributed by atoms with van der Waals surface area (Å²) in [4.78, 5) is 11.3. The number of hydrogen-bond donors (Lipinski definition) is 0. The summed E-state index contributed by atoms with van der Waals surface area (Å²) in [7, 11) is 0. The van der Waals surface area contributed by atoms with Crippen LogP contribution in [0.5, 0.6) is 5.75 Å². The van der Waals surface area contributed by atoms with Gasteiger partial charge in [0.25, 0.3) is 0 Å². The molecule has 1 aromatic rings. The van der Waals surface area contributed by atoms with Crippen LogP contribution in [0.3, 0.4) is 0 Å². The molecule has 1 saturated carbocycles. The zero-order valence-electron chi connectivity index (χ0n) is 11.0. The number of carbonyl (C=O) groups is 1. The maximum Gasteiger partial charge on any atom is 0.372 e. The summed E-state index contributed by atoms with van der Waals surface area (Å²) in [6.07, 6.45) is 6.32. The van der Waals surface area contributed by atoms with Crippen LogP contribution in [0.15, 0.2) is 24.5 Å². The molecular weight excluding hydrogens is 230 g/mol. The number of carbonyl (C=O) groups excluding carboxylic acids is 1. The lowest BCUT2D eigenvalue weighted by molar-refractivity contribution is -0.686. The molecule has 0 saturated heterocycles. The average molecular weight is 250 g/mol. The topological polar surface area (TPSA) is 39.4 Å². The van der Waals surface area contributed by atoms with Gasteiger partial charge >= 0.3 is 5.97 Å². The van der Waals surface area contributed by atoms with Crippen LogP contribution in [0.2, 0.25) is 0 Å². The van der Waals surface area contributed by atoms with Gasteiger partial charge in [0.05, 0.1) is 12.7 Å². The number of hydrogen-bond acceptors (Lipinski definition) is 3. The molecule has 4 heteroatoms. The Morgan fingerprint density at radius 3 is 2.61 bits per heavy atom. The second kappa shape index (κ2) is 5.85. The summed E-state index contributed by atoms with van der Waals surface area (Å²) in [5.41, 5.74) is 0. The van der Waals surface area contributed by atoms with Gasteiger partial charge in [-0.05, 0) is 25.7 Å². The highest BCUT2D eigenvalue weighted by atomic mass is 16.5. The van der Waals surface area contributed by atoms with Crippen LogP contribution in [0, 0.1) is 5.92 Å². The number of pyridine rings is 1. The fourth-order valence-electron chi connectivity index (χ4n) is 2.10. The monoisotopic (exact) mass is 250 g/mol. The summed E-state index contributed by atoms with van der Waals surface area (Å²) in [5.74, 6) is 1.43. The molecule has 0 radical (unpaired) electrons. The molecule has 1 aliphatic carbocycles. The SMILES string of the molecule is CCOC(=O)C[n+]1ccc(O[C@H]2C[C@@H](C)C2)cc1. The van der Waals surface area contributed by atoms with Crippen LogP contribution in [0.1, 0.15) is 26.7 Å². The number of esters is 1. The van der Waals surface area contributed by atoms with Crippen LogP contribution in [0.25, 0.3) is 0 Å². The van der Waals surface area contributed by atoms with E-state index in [0.717, 1.165) is 24.5 Å². The van der Waals surface area contributed by atoms with E-state index in [1.54, 1.807) is 11.5 Å². The summed E-state index contributed by atoms with van der Waals surface area (Å²) in [5, 5.41) is 0. The lowest BCUT2D eigenvalue weighted by Gasteiger charge is -2.32. The van der Waals surface area contributed by atoms with Gasteiger partial charge in [-0.3, -0.25) is 0 Å². The van der Waals surface area contributed by atoms with Crippen LogP contribution in [-0.2, 0) is 16.1 Å². The first kappa shape index (κ1) is 12.9. The first-order valence-electron chi connectivity index (χ1n) is 6.48. The zero-order valence-corrected chi connectivity index (χ0v) is 11.0. The highest BCUT2D eigenvalue weighted by Crippen LogP contribution is 2.30. The molecule has 0 unspecified atom stereocenters. The molecule has 1 heterocycles. The maximum absolute atomic E-state index is 11.3. The van der Waals surface area contributed by atoms with Crippen LogP contribution < -0.4 is 9.30 Å². The Labute approximate surface area is 108 Å². The minimum atomic E-state index is -0.219. The van der Waals surface area contributed by atoms with Crippen molar-refractivity contribution < 1.29 is 18.8 Å². The number of rotatable bonds is 5. The molecule has 0 N–H and O–H groups in total. The van der Waals surface area contributed by atoms with Gasteiger partial charge in [-0.1, -0.05) is 6.92 Å². The molecule has 0 atom stereocenters. The van der Waals surface area contributed by atoms with E-state index >= 15 is 0 Å². The predicted molar refractivity (Wildman–Crippen MR) is 66.1 cm³/mol. The Hall–Kier alpha value is -1.58. The van der Waals surface area contributed by atoms with E-state index in [0.29, 0.717) is 12.7 Å². The molecule has 18 heavy (non-hydrogen) atoms. The van der Waals surface area contributed by atoms with Crippen LogP contribution >= 0.6 is 0 Å². The van der Waals surface area contributed by atoms with Gasteiger partial charge in [-0.15, -0.1) is 0 Å². The van der Waals surface area contributed by atoms with E-state index in [9.17, 15) is 4.79 Å². The third-order valence-corrected chi connectivity index (χ3v) is 3.11. The maximum atomic E-state index is 11.3. The first-order chi connectivity index (χ1) is 8.67. The van der Waals surface area contributed by atoms with Gasteiger partial charge in [0.2, 0.25) is 6.54 Å². The van der Waals surface area contributed by atoms with Crippen LogP contribution in [0.4, 0.5) is 0 Å². The Bertz CT molecular complexity index is 396. The number of aromatic nitrogens is 1. The molecule has 0 amide bonds. The van der Waals surface area contributed by atoms with Crippen molar-refractivity contribution >= 4 is 5.97 Å². The smallest absolute Gasteiger partial charge is 0.372 e. The molecule has 1 aliphatic rings. The highest BCUT2D eigenvalue weighted by molar-refractivity contribution is 5.67. The van der Waals surface area contributed by atoms with E-state index in [1.165, 1.54) is 0 Å². The minimum Gasteiger partial charge on any atom is -0.490 e. The fraction of sp³-hybridized carbons (Fsp3) is 0.571. The molecular formula is C14H20NO3+. The van der Waals surface area contributed by atoms with Gasteiger partial charge in [-0.2, -0.15) is 4.57 Å². The Morgan fingerprint density at radius 2 is 2.06 bits per heavy atom. The second-order valence-corrected chi connectivity index (χ2v) is 4.83. The van der Waals surface area contributed by atoms with Crippen molar-refractivity contribution in [3.63, 3.8) is 0 Å². The van der Waals surface area contributed by atoms with Gasteiger partial charge in [0.1, 0.15) is 5.75 Å². The summed E-state index contributed by atoms with van der Waals surface area (Å²) < 4.78 is 12.5. The van der Waals surface area contributed by atoms with Gasteiger partial charge in [0.15, 0.2) is 12.4 Å². The van der Waals surface area contributed by atoms with E-state index < -0.39 is 0 Å². The minimum absolute atomic E-state index is 0.219. The highest BCUT2D eigenvalue weighted by Gasteiger charge is 2.27. The van der Waals surface area contributed by atoms with E-state index in [1.807, 2.05) is 24.5 Å². The Morgan fingerprint density at radius 1 is 1.39 bits per heavy atom. The first-order valence-corrected chi connectivity index (χ1v) is 6.48. The lowest BCUT2D eigenvalue weighted by atomic mass is 9.84. The van der Waals surface area contributed by atoms with Gasteiger partial charge in [-0.25, -0.2) is 4.79 Å². The molecule has 1 aromatic heterocycles. The van der Waals surface area contributed by atoms with Crippen molar-refractivity contribution in [2.75, 3.05) is 6.61 Å². The molecule has 0 bridgehead atoms. The average Bonchev–Trinajstić information content (AvgIpc) is 2.30. The van der Waals surface area contributed by atoms with Crippen molar-refractivity contribution in [1.29, 1.82) is 0 Å². The lowest BCUT2D eigenvalue weighted by Crippen LogP contribution is -2.38. The largest absolute Gasteiger partial charge is 0.490 e. The van der Waals surface area contributed by atoms with Crippen molar-refractivity contribution in [3.05, 3.63) is 24.5 Å². The predicted octanol–water partition coefficient (Wildman–Crippen LogP) is 1.71. The van der Waals surface area contributed by atoms with E-state index in [4.69, 9.17) is 9.47 Å². The molecule has 2 rings (SSSR count). The Kier molecular flexibility index (Phi) is 4.18. The van der Waals surface area contributed by atoms with Gasteiger partial charge in [0, 0.05) is 12.1 Å². The number of nitrogens with zero attached hydrogens (tertiary/aromatic N) is 1. The van der Waals surface area contributed by atoms with Crippen molar-refractivity contribution in [2.24, 2.45) is 5.92 Å². The summed E-state index contributed by atoms with van der Waals surface area (Å²) in [6, 6.07) is 3.78. The number of ether oxygens (including phenoxy) is 2. The second-order valence-electron chi connectivity index (χ2n) is 4.83. The van der Waals surface area contributed by atoms with E-state index in [-0.39, 0.29) is 12.5 Å². The summed E-state index contributed by atoms with van der Waals surface area (Å²) in [6.45, 7) is 4.70. The third kappa shape index (κ3) is 3.45. The molecule has 0 aliphatic heterocycles. The van der Waals surface area contributed by atoms with Crippen molar-refractivity contribution in [3.8, 4) is 5.75 Å². The molecule has 4 nitrogen and oxygen atoms in total. The molecule has 98 valence electrons.